The highest BCUT2D eigenvalue weighted by atomic mass is 32.2. The fraction of sp³-hybridized carbons (Fsp3) is 0.941. The smallest absolute Gasteiger partial charge is 0.213 e. The van der Waals surface area contributed by atoms with Crippen LogP contribution in [0.25, 0.3) is 0 Å². The number of hydrogen-bond acceptors (Lipinski definition) is 4. The van der Waals surface area contributed by atoms with Crippen molar-refractivity contribution in [3.63, 3.8) is 0 Å². The number of nitrogens with one attached hydrogen (secondary N) is 2. The van der Waals surface area contributed by atoms with E-state index >= 15 is 0 Å². The zero-order valence-electron chi connectivity index (χ0n) is 15.7. The van der Waals surface area contributed by atoms with Gasteiger partial charge in [-0.25, -0.2) is 13.1 Å². The van der Waals surface area contributed by atoms with E-state index in [0.717, 1.165) is 57.9 Å². The Morgan fingerprint density at radius 2 is 2.12 bits per heavy atom. The summed E-state index contributed by atoms with van der Waals surface area (Å²) < 4.78 is 32.6. The molecule has 2 heterocycles. The van der Waals surface area contributed by atoms with Crippen LogP contribution in [0.1, 0.15) is 46.0 Å². The number of likely N-dealkylation sites (tertiary alicyclic amines) is 1. The molecule has 2 rings (SSSR count). The number of nitrogens with zero attached hydrogens (tertiary/aromatic N) is 2. The third-order valence-corrected chi connectivity index (χ3v) is 6.04. The van der Waals surface area contributed by atoms with Gasteiger partial charge in [-0.05, 0) is 44.9 Å². The summed E-state index contributed by atoms with van der Waals surface area (Å²) in [6.45, 7) is 8.41. The normalized spacial score (nSPS) is 25.8. The zero-order chi connectivity index (χ0) is 18.1. The Kier molecular flexibility index (Phi) is 8.45. The van der Waals surface area contributed by atoms with Crippen LogP contribution in [0.2, 0.25) is 0 Å². The fourth-order valence-corrected chi connectivity index (χ4v) is 4.26. The van der Waals surface area contributed by atoms with Crippen LogP contribution in [0.4, 0.5) is 0 Å². The van der Waals surface area contributed by atoms with Crippen molar-refractivity contribution in [3.8, 4) is 0 Å². The lowest BCUT2D eigenvalue weighted by atomic mass is 10.0. The van der Waals surface area contributed by atoms with Crippen molar-refractivity contribution in [3.05, 3.63) is 0 Å². The molecule has 2 unspecified atom stereocenters. The van der Waals surface area contributed by atoms with Gasteiger partial charge in [-0.2, -0.15) is 0 Å². The molecule has 7 nitrogen and oxygen atoms in total. The van der Waals surface area contributed by atoms with Gasteiger partial charge in [0, 0.05) is 32.8 Å². The number of guanidine groups is 1. The molecule has 2 aliphatic rings. The molecule has 0 bridgehead atoms. The SMILES string of the molecule is CCNC(=NCCS(=O)(=O)NCC1CCCCO1)N1CCCC(C)C1. The van der Waals surface area contributed by atoms with Gasteiger partial charge in [-0.1, -0.05) is 6.92 Å². The van der Waals surface area contributed by atoms with Gasteiger partial charge < -0.3 is 15.0 Å². The number of aliphatic imine (C=N–C) groups is 1. The van der Waals surface area contributed by atoms with E-state index in [4.69, 9.17) is 4.74 Å². The van der Waals surface area contributed by atoms with E-state index in [2.05, 4.69) is 26.9 Å². The summed E-state index contributed by atoms with van der Waals surface area (Å²) in [6.07, 6.45) is 5.53. The van der Waals surface area contributed by atoms with Crippen molar-refractivity contribution >= 4 is 16.0 Å². The first kappa shape index (κ1) is 20.5. The van der Waals surface area contributed by atoms with E-state index in [1.165, 1.54) is 6.42 Å². The molecule has 0 saturated carbocycles. The maximum absolute atomic E-state index is 12.2. The number of ether oxygens (including phenoxy) is 1. The van der Waals surface area contributed by atoms with Gasteiger partial charge in [0.1, 0.15) is 0 Å². The second-order valence-electron chi connectivity index (χ2n) is 7.08. The number of rotatable bonds is 7. The summed E-state index contributed by atoms with van der Waals surface area (Å²) >= 11 is 0. The minimum atomic E-state index is -3.32. The van der Waals surface area contributed by atoms with Gasteiger partial charge in [-0.15, -0.1) is 0 Å². The van der Waals surface area contributed by atoms with Crippen LogP contribution >= 0.6 is 0 Å². The summed E-state index contributed by atoms with van der Waals surface area (Å²) in [4.78, 5) is 6.78. The summed E-state index contributed by atoms with van der Waals surface area (Å²) in [5.74, 6) is 1.50. The minimum absolute atomic E-state index is 0.0119. The Labute approximate surface area is 152 Å². The Bertz CT molecular complexity index is 518. The van der Waals surface area contributed by atoms with Crippen molar-refractivity contribution in [1.82, 2.24) is 14.9 Å². The van der Waals surface area contributed by atoms with Gasteiger partial charge in [0.2, 0.25) is 10.0 Å². The van der Waals surface area contributed by atoms with E-state index in [1.807, 2.05) is 6.92 Å². The average molecular weight is 375 g/mol. The first-order chi connectivity index (χ1) is 12.0. The molecule has 0 aromatic heterocycles. The monoisotopic (exact) mass is 374 g/mol. The first-order valence-corrected chi connectivity index (χ1v) is 11.3. The predicted octanol–water partition coefficient (Wildman–Crippen LogP) is 1.17. The lowest BCUT2D eigenvalue weighted by Crippen LogP contribution is -2.46. The molecule has 0 amide bonds. The number of piperidine rings is 1. The Morgan fingerprint density at radius 3 is 2.80 bits per heavy atom. The lowest BCUT2D eigenvalue weighted by molar-refractivity contribution is 0.0200. The second-order valence-corrected chi connectivity index (χ2v) is 9.01. The topological polar surface area (TPSA) is 83.0 Å². The number of sulfonamides is 1. The van der Waals surface area contributed by atoms with Crippen molar-refractivity contribution in [1.29, 1.82) is 0 Å². The Balaban J connectivity index is 1.80. The van der Waals surface area contributed by atoms with E-state index in [1.54, 1.807) is 0 Å². The van der Waals surface area contributed by atoms with E-state index in [-0.39, 0.29) is 18.4 Å². The predicted molar refractivity (Wildman–Crippen MR) is 101 cm³/mol. The highest BCUT2D eigenvalue weighted by Crippen LogP contribution is 2.15. The molecule has 2 N–H and O–H groups in total. The van der Waals surface area contributed by atoms with Gasteiger partial charge in [0.25, 0.3) is 0 Å². The Morgan fingerprint density at radius 1 is 1.28 bits per heavy atom. The molecule has 2 atom stereocenters. The summed E-state index contributed by atoms with van der Waals surface area (Å²) in [5.41, 5.74) is 0. The van der Waals surface area contributed by atoms with Crippen LogP contribution in [-0.2, 0) is 14.8 Å². The zero-order valence-corrected chi connectivity index (χ0v) is 16.5. The van der Waals surface area contributed by atoms with Crippen LogP contribution in [0.3, 0.4) is 0 Å². The maximum Gasteiger partial charge on any atom is 0.213 e. The molecule has 8 heteroatoms. The highest BCUT2D eigenvalue weighted by Gasteiger charge is 2.20. The van der Waals surface area contributed by atoms with E-state index in [0.29, 0.717) is 12.5 Å². The van der Waals surface area contributed by atoms with E-state index in [9.17, 15) is 8.42 Å². The molecule has 0 radical (unpaired) electrons. The molecule has 146 valence electrons. The van der Waals surface area contributed by atoms with Gasteiger partial charge in [0.15, 0.2) is 5.96 Å². The second kappa shape index (κ2) is 10.3. The van der Waals surface area contributed by atoms with Crippen LogP contribution in [0, 0.1) is 5.92 Å². The van der Waals surface area contributed by atoms with Crippen molar-refractivity contribution in [2.45, 2.75) is 52.1 Å². The summed E-state index contributed by atoms with van der Waals surface area (Å²) in [5, 5.41) is 3.28. The first-order valence-electron chi connectivity index (χ1n) is 9.62. The molecular weight excluding hydrogens is 340 g/mol. The standard InChI is InChI=1S/C17H34N4O3S/c1-3-18-17(21-10-6-7-15(2)14-21)19-9-12-25(22,23)20-13-16-8-4-5-11-24-16/h15-16,20H,3-14H2,1-2H3,(H,18,19). The van der Waals surface area contributed by atoms with Gasteiger partial charge in [-0.3, -0.25) is 4.99 Å². The number of hydrogen-bond donors (Lipinski definition) is 2. The van der Waals surface area contributed by atoms with Gasteiger partial charge >= 0.3 is 0 Å². The molecule has 0 aliphatic carbocycles. The maximum atomic E-state index is 12.2. The molecule has 0 aromatic rings. The molecule has 25 heavy (non-hydrogen) atoms. The van der Waals surface area contributed by atoms with Crippen LogP contribution in [0.15, 0.2) is 4.99 Å². The van der Waals surface area contributed by atoms with Crippen molar-refractivity contribution in [2.75, 3.05) is 45.1 Å². The molecule has 0 spiro atoms. The average Bonchev–Trinajstić information content (AvgIpc) is 2.60. The molecule has 0 aromatic carbocycles. The molecule has 2 aliphatic heterocycles. The summed E-state index contributed by atoms with van der Waals surface area (Å²) in [7, 11) is -3.32. The fourth-order valence-electron chi connectivity index (χ4n) is 3.34. The summed E-state index contributed by atoms with van der Waals surface area (Å²) in [6, 6.07) is 0. The molecule has 2 saturated heterocycles. The van der Waals surface area contributed by atoms with Crippen LogP contribution < -0.4 is 10.0 Å². The third kappa shape index (κ3) is 7.50. The lowest BCUT2D eigenvalue weighted by Gasteiger charge is -2.33. The molecular formula is C17H34N4O3S. The van der Waals surface area contributed by atoms with Gasteiger partial charge in [0.05, 0.1) is 18.4 Å². The van der Waals surface area contributed by atoms with Crippen LogP contribution in [-0.4, -0.2) is 70.5 Å². The highest BCUT2D eigenvalue weighted by molar-refractivity contribution is 7.89. The quantitative estimate of drug-likeness (QED) is 0.516. The minimum Gasteiger partial charge on any atom is -0.377 e. The Hall–Kier alpha value is -0.860. The molecule has 2 fully saturated rings. The van der Waals surface area contributed by atoms with Crippen molar-refractivity contribution < 1.29 is 13.2 Å². The van der Waals surface area contributed by atoms with Crippen LogP contribution in [0.5, 0.6) is 0 Å². The third-order valence-electron chi connectivity index (χ3n) is 4.72. The van der Waals surface area contributed by atoms with Crippen molar-refractivity contribution in [2.24, 2.45) is 10.9 Å². The largest absolute Gasteiger partial charge is 0.377 e. The van der Waals surface area contributed by atoms with E-state index < -0.39 is 10.0 Å².